The molecule has 3 aromatic rings. The van der Waals surface area contributed by atoms with Crippen molar-refractivity contribution in [3.05, 3.63) is 83.4 Å². The molecule has 1 saturated heterocycles. The minimum atomic E-state index is -0.00463. The number of aryl methyl sites for hydroxylation is 1. The second-order valence-electron chi connectivity index (χ2n) is 6.70. The maximum Gasteiger partial charge on any atom is 0.170 e. The largest absolute Gasteiger partial charge is 0.497 e. The Labute approximate surface area is 164 Å². The molecular formula is C21H22N4OS. The molecule has 2 N–H and O–H groups in total. The van der Waals surface area contributed by atoms with Crippen molar-refractivity contribution in [2.75, 3.05) is 7.11 Å². The maximum absolute atomic E-state index is 5.70. The Bertz CT molecular complexity index is 923. The molecule has 0 spiro atoms. The number of methoxy groups -OCH3 is 1. The van der Waals surface area contributed by atoms with Crippen molar-refractivity contribution in [3.8, 4) is 5.75 Å². The average molecular weight is 379 g/mol. The first-order valence-corrected chi connectivity index (χ1v) is 9.33. The van der Waals surface area contributed by atoms with E-state index in [9.17, 15) is 0 Å². The number of pyridine rings is 1. The number of H-pyrrole nitrogens is 1. The molecule has 0 bridgehead atoms. The molecule has 1 aliphatic rings. The van der Waals surface area contributed by atoms with E-state index in [2.05, 4.69) is 51.4 Å². The van der Waals surface area contributed by atoms with E-state index in [1.54, 1.807) is 7.11 Å². The molecule has 1 fully saturated rings. The number of rotatable bonds is 5. The molecule has 138 valence electrons. The summed E-state index contributed by atoms with van der Waals surface area (Å²) in [6.45, 7) is 2.77. The van der Waals surface area contributed by atoms with Crippen molar-refractivity contribution in [1.29, 1.82) is 0 Å². The van der Waals surface area contributed by atoms with Crippen LogP contribution in [0.1, 0.15) is 34.7 Å². The zero-order valence-electron chi connectivity index (χ0n) is 15.3. The van der Waals surface area contributed by atoms with Gasteiger partial charge in [-0.3, -0.25) is 4.98 Å². The minimum absolute atomic E-state index is 0.00463. The van der Waals surface area contributed by atoms with E-state index in [4.69, 9.17) is 17.0 Å². The van der Waals surface area contributed by atoms with E-state index in [0.29, 0.717) is 6.54 Å². The van der Waals surface area contributed by atoms with Gasteiger partial charge in [0.15, 0.2) is 5.11 Å². The molecule has 5 nitrogen and oxygen atoms in total. The molecule has 0 radical (unpaired) electrons. The molecular weight excluding hydrogens is 356 g/mol. The molecule has 0 saturated carbocycles. The summed E-state index contributed by atoms with van der Waals surface area (Å²) < 4.78 is 5.26. The number of hydrogen-bond acceptors (Lipinski definition) is 3. The fraction of sp³-hybridized carbons (Fsp3) is 0.238. The van der Waals surface area contributed by atoms with Crippen molar-refractivity contribution in [3.63, 3.8) is 0 Å². The SMILES string of the molecule is COc1ccc(CN2C(=S)N[C@H](c3ccccn3)[C@@H]2c2ccc(C)[nH]2)cc1. The predicted molar refractivity (Wildman–Crippen MR) is 110 cm³/mol. The third-order valence-corrected chi connectivity index (χ3v) is 5.24. The molecule has 1 aromatic carbocycles. The lowest BCUT2D eigenvalue weighted by molar-refractivity contribution is 0.305. The Balaban J connectivity index is 1.68. The standard InChI is InChI=1S/C21H22N4OS/c1-14-6-11-18(23-14)20-19(17-5-3-4-12-22-17)24-21(27)25(20)13-15-7-9-16(26-2)10-8-15/h3-12,19-20,23H,13H2,1-2H3,(H,24,27)/t19-,20+/m1/s1. The van der Waals surface area contributed by atoms with Gasteiger partial charge in [-0.25, -0.2) is 0 Å². The van der Waals surface area contributed by atoms with E-state index < -0.39 is 0 Å². The zero-order valence-corrected chi connectivity index (χ0v) is 16.2. The molecule has 3 heterocycles. The Morgan fingerprint density at radius 1 is 1.11 bits per heavy atom. The van der Waals surface area contributed by atoms with Gasteiger partial charge in [-0.1, -0.05) is 18.2 Å². The minimum Gasteiger partial charge on any atom is -0.497 e. The highest BCUT2D eigenvalue weighted by Crippen LogP contribution is 2.39. The van der Waals surface area contributed by atoms with Crippen molar-refractivity contribution in [2.24, 2.45) is 0 Å². The second kappa shape index (κ2) is 7.40. The lowest BCUT2D eigenvalue weighted by Gasteiger charge is -2.27. The second-order valence-corrected chi connectivity index (χ2v) is 7.09. The van der Waals surface area contributed by atoms with Crippen LogP contribution in [0.15, 0.2) is 60.8 Å². The van der Waals surface area contributed by atoms with Gasteiger partial charge in [-0.2, -0.15) is 0 Å². The van der Waals surface area contributed by atoms with Crippen LogP contribution in [-0.4, -0.2) is 27.1 Å². The van der Waals surface area contributed by atoms with Crippen LogP contribution in [0, 0.1) is 6.92 Å². The van der Waals surface area contributed by atoms with Gasteiger partial charge in [0.1, 0.15) is 5.75 Å². The van der Waals surface area contributed by atoms with Gasteiger partial charge in [0.2, 0.25) is 0 Å². The summed E-state index contributed by atoms with van der Waals surface area (Å²) in [4.78, 5) is 10.3. The highest BCUT2D eigenvalue weighted by molar-refractivity contribution is 7.80. The van der Waals surface area contributed by atoms with Gasteiger partial charge in [0, 0.05) is 24.1 Å². The van der Waals surface area contributed by atoms with Crippen LogP contribution in [-0.2, 0) is 6.54 Å². The third kappa shape index (κ3) is 3.53. The molecule has 27 heavy (non-hydrogen) atoms. The summed E-state index contributed by atoms with van der Waals surface area (Å²) in [6, 6.07) is 18.4. The molecule has 2 aromatic heterocycles. The Morgan fingerprint density at radius 2 is 1.93 bits per heavy atom. The normalized spacial score (nSPS) is 19.2. The molecule has 0 aliphatic carbocycles. The summed E-state index contributed by atoms with van der Waals surface area (Å²) >= 11 is 5.70. The lowest BCUT2D eigenvalue weighted by atomic mass is 10.0. The molecule has 1 aliphatic heterocycles. The predicted octanol–water partition coefficient (Wildman–Crippen LogP) is 3.90. The van der Waals surface area contributed by atoms with Crippen molar-refractivity contribution < 1.29 is 4.74 Å². The molecule has 0 unspecified atom stereocenters. The first-order valence-electron chi connectivity index (χ1n) is 8.92. The number of nitrogens with one attached hydrogen (secondary N) is 2. The van der Waals surface area contributed by atoms with Crippen molar-refractivity contribution >= 4 is 17.3 Å². The van der Waals surface area contributed by atoms with Gasteiger partial charge in [0.05, 0.1) is 24.9 Å². The van der Waals surface area contributed by atoms with Crippen LogP contribution < -0.4 is 10.1 Å². The zero-order chi connectivity index (χ0) is 18.8. The fourth-order valence-corrected chi connectivity index (χ4v) is 3.85. The average Bonchev–Trinajstić information content (AvgIpc) is 3.26. The summed E-state index contributed by atoms with van der Waals surface area (Å²) in [5, 5.41) is 4.21. The van der Waals surface area contributed by atoms with E-state index >= 15 is 0 Å². The van der Waals surface area contributed by atoms with E-state index in [0.717, 1.165) is 27.9 Å². The van der Waals surface area contributed by atoms with Gasteiger partial charge < -0.3 is 19.9 Å². The van der Waals surface area contributed by atoms with Crippen LogP contribution in [0.3, 0.4) is 0 Å². The van der Waals surface area contributed by atoms with Crippen LogP contribution in [0.4, 0.5) is 0 Å². The Hall–Kier alpha value is -2.86. The number of nitrogens with zero attached hydrogens (tertiary/aromatic N) is 2. The number of hydrogen-bond donors (Lipinski definition) is 2. The number of benzene rings is 1. The lowest BCUT2D eigenvalue weighted by Crippen LogP contribution is -2.29. The molecule has 6 heteroatoms. The van der Waals surface area contributed by atoms with E-state index in [1.807, 2.05) is 36.5 Å². The van der Waals surface area contributed by atoms with Gasteiger partial charge in [-0.05, 0) is 61.1 Å². The smallest absolute Gasteiger partial charge is 0.170 e. The number of aromatic nitrogens is 2. The Morgan fingerprint density at radius 3 is 2.56 bits per heavy atom. The van der Waals surface area contributed by atoms with Gasteiger partial charge >= 0.3 is 0 Å². The highest BCUT2D eigenvalue weighted by atomic mass is 32.1. The van der Waals surface area contributed by atoms with Crippen molar-refractivity contribution in [2.45, 2.75) is 25.6 Å². The van der Waals surface area contributed by atoms with E-state index in [1.165, 1.54) is 5.56 Å². The molecule has 4 rings (SSSR count). The van der Waals surface area contributed by atoms with Crippen LogP contribution in [0.2, 0.25) is 0 Å². The van der Waals surface area contributed by atoms with Crippen LogP contribution in [0.25, 0.3) is 0 Å². The maximum atomic E-state index is 5.70. The number of aromatic amines is 1. The topological polar surface area (TPSA) is 53.2 Å². The molecule has 2 atom stereocenters. The number of thiocarbonyl (C=S) groups is 1. The molecule has 0 amide bonds. The van der Waals surface area contributed by atoms with Crippen LogP contribution >= 0.6 is 12.2 Å². The quantitative estimate of drug-likeness (QED) is 0.660. The van der Waals surface area contributed by atoms with E-state index in [-0.39, 0.29) is 12.1 Å². The Kier molecular flexibility index (Phi) is 4.81. The monoisotopic (exact) mass is 378 g/mol. The number of ether oxygens (including phenoxy) is 1. The van der Waals surface area contributed by atoms with Gasteiger partial charge in [-0.15, -0.1) is 0 Å². The summed E-state index contributed by atoms with van der Waals surface area (Å²) in [5.41, 5.74) is 4.42. The highest BCUT2D eigenvalue weighted by Gasteiger charge is 2.40. The van der Waals surface area contributed by atoms with Crippen molar-refractivity contribution in [1.82, 2.24) is 20.2 Å². The first-order chi connectivity index (χ1) is 13.2. The fourth-order valence-electron chi connectivity index (χ4n) is 3.54. The summed E-state index contributed by atoms with van der Waals surface area (Å²) in [6.07, 6.45) is 1.82. The van der Waals surface area contributed by atoms with Gasteiger partial charge in [0.25, 0.3) is 0 Å². The third-order valence-electron chi connectivity index (χ3n) is 4.88. The first kappa shape index (κ1) is 17.5. The van der Waals surface area contributed by atoms with Crippen LogP contribution in [0.5, 0.6) is 5.75 Å². The summed E-state index contributed by atoms with van der Waals surface area (Å²) in [5.74, 6) is 0.851. The summed E-state index contributed by atoms with van der Waals surface area (Å²) in [7, 11) is 1.68.